The molecule has 0 spiro atoms. The third kappa shape index (κ3) is 4.15. The van der Waals surface area contributed by atoms with Gasteiger partial charge in [-0.15, -0.1) is 0 Å². The van der Waals surface area contributed by atoms with Gasteiger partial charge >= 0.3 is 0 Å². The molecule has 2 unspecified atom stereocenters. The Hall–Kier alpha value is -0.700. The van der Waals surface area contributed by atoms with Gasteiger partial charge in [0.15, 0.2) is 0 Å². The molecule has 1 fully saturated rings. The molecule has 2 nitrogen and oxygen atoms in total. The minimum absolute atomic E-state index is 0.585. The molecule has 0 bridgehead atoms. The molecule has 0 aromatic heterocycles. The van der Waals surface area contributed by atoms with Crippen molar-refractivity contribution in [3.63, 3.8) is 0 Å². The Balaban J connectivity index is 1.99. The minimum Gasteiger partial charge on any atom is -0.497 e. The van der Waals surface area contributed by atoms with Gasteiger partial charge in [-0.25, -0.2) is 0 Å². The summed E-state index contributed by atoms with van der Waals surface area (Å²) in [7, 11) is 1.71. The van der Waals surface area contributed by atoms with Crippen molar-refractivity contribution in [3.05, 3.63) is 22.7 Å². The second kappa shape index (κ2) is 7.35. The van der Waals surface area contributed by atoms with Crippen LogP contribution in [0.15, 0.2) is 22.7 Å². The van der Waals surface area contributed by atoms with E-state index in [2.05, 4.69) is 47.2 Å². The summed E-state index contributed by atoms with van der Waals surface area (Å²) < 4.78 is 6.43. The highest BCUT2D eigenvalue weighted by Gasteiger charge is 2.21. The van der Waals surface area contributed by atoms with Crippen LogP contribution in [0.25, 0.3) is 0 Å². The maximum Gasteiger partial charge on any atom is 0.121 e. The average molecular weight is 340 g/mol. The molecule has 1 aromatic carbocycles. The first-order valence-corrected chi connectivity index (χ1v) is 8.49. The molecule has 1 aliphatic rings. The van der Waals surface area contributed by atoms with Crippen LogP contribution in [0.2, 0.25) is 0 Å². The number of halogens is 1. The van der Waals surface area contributed by atoms with Crippen LogP contribution in [0, 0.1) is 11.8 Å². The van der Waals surface area contributed by atoms with Gasteiger partial charge in [-0.2, -0.15) is 0 Å². The van der Waals surface area contributed by atoms with Crippen molar-refractivity contribution >= 4 is 21.6 Å². The smallest absolute Gasteiger partial charge is 0.121 e. The Kier molecular flexibility index (Phi) is 5.76. The maximum absolute atomic E-state index is 5.31. The first-order valence-electron chi connectivity index (χ1n) is 7.70. The summed E-state index contributed by atoms with van der Waals surface area (Å²) >= 11 is 3.62. The van der Waals surface area contributed by atoms with Gasteiger partial charge in [0.1, 0.15) is 5.75 Å². The quantitative estimate of drug-likeness (QED) is 0.734. The molecular formula is C17H26BrNO. The molecule has 1 N–H and O–H groups in total. The van der Waals surface area contributed by atoms with Gasteiger partial charge in [-0.1, -0.05) is 26.7 Å². The van der Waals surface area contributed by atoms with Gasteiger partial charge in [-0.05, 0) is 59.2 Å². The summed E-state index contributed by atoms with van der Waals surface area (Å²) in [5.74, 6) is 2.62. The fraction of sp³-hybridized carbons (Fsp3) is 0.647. The van der Waals surface area contributed by atoms with Gasteiger partial charge in [0.05, 0.1) is 12.8 Å². The van der Waals surface area contributed by atoms with Crippen LogP contribution in [0.1, 0.15) is 46.0 Å². The van der Waals surface area contributed by atoms with E-state index in [-0.39, 0.29) is 0 Å². The summed E-state index contributed by atoms with van der Waals surface area (Å²) in [5.41, 5.74) is 1.15. The lowest BCUT2D eigenvalue weighted by Gasteiger charge is -2.20. The Bertz CT molecular complexity index is 433. The molecule has 2 rings (SSSR count). The molecule has 1 aromatic rings. The molecule has 0 saturated heterocycles. The van der Waals surface area contributed by atoms with Crippen molar-refractivity contribution < 1.29 is 4.74 Å². The van der Waals surface area contributed by atoms with Crippen molar-refractivity contribution in [1.29, 1.82) is 0 Å². The van der Waals surface area contributed by atoms with Crippen molar-refractivity contribution in [3.8, 4) is 5.75 Å². The fourth-order valence-corrected chi connectivity index (χ4v) is 3.46. The van der Waals surface area contributed by atoms with E-state index in [1.807, 2.05) is 6.07 Å². The lowest BCUT2D eigenvalue weighted by atomic mass is 9.89. The third-order valence-corrected chi connectivity index (χ3v) is 5.18. The summed E-state index contributed by atoms with van der Waals surface area (Å²) in [6.45, 7) is 4.72. The number of ether oxygens (including phenoxy) is 1. The standard InChI is InChI=1S/C17H26BrNO/c1-12(2)13-5-4-6-14(8-7-13)19-17-11-15(20-3)9-10-16(17)18/h9-14,19H,4-8H2,1-3H3. The molecule has 3 heteroatoms. The highest BCUT2D eigenvalue weighted by molar-refractivity contribution is 9.10. The first-order chi connectivity index (χ1) is 9.60. The van der Waals surface area contributed by atoms with Crippen LogP contribution in [0.3, 0.4) is 0 Å². The van der Waals surface area contributed by atoms with E-state index in [1.54, 1.807) is 7.11 Å². The molecule has 0 aliphatic heterocycles. The predicted octanol–water partition coefficient (Wildman–Crippen LogP) is 5.47. The van der Waals surface area contributed by atoms with Crippen molar-refractivity contribution in [2.75, 3.05) is 12.4 Å². The molecular weight excluding hydrogens is 314 g/mol. The van der Waals surface area contributed by atoms with Gasteiger partial charge in [0, 0.05) is 16.6 Å². The SMILES string of the molecule is COc1ccc(Br)c(NC2CCCC(C(C)C)CC2)c1. The van der Waals surface area contributed by atoms with Gasteiger partial charge in [0.25, 0.3) is 0 Å². The normalized spacial score (nSPS) is 23.4. The van der Waals surface area contributed by atoms with Crippen LogP contribution in [-0.4, -0.2) is 13.2 Å². The topological polar surface area (TPSA) is 21.3 Å². The van der Waals surface area contributed by atoms with Crippen LogP contribution >= 0.6 is 15.9 Å². The van der Waals surface area contributed by atoms with Crippen LogP contribution in [0.4, 0.5) is 5.69 Å². The first kappa shape index (κ1) is 15.7. The monoisotopic (exact) mass is 339 g/mol. The van der Waals surface area contributed by atoms with Crippen molar-refractivity contribution in [2.24, 2.45) is 11.8 Å². The summed E-state index contributed by atoms with van der Waals surface area (Å²) in [5, 5.41) is 3.70. The molecule has 20 heavy (non-hydrogen) atoms. The van der Waals surface area contributed by atoms with E-state index < -0.39 is 0 Å². The molecule has 0 radical (unpaired) electrons. The van der Waals surface area contributed by atoms with E-state index in [1.165, 1.54) is 32.1 Å². The van der Waals surface area contributed by atoms with Crippen molar-refractivity contribution in [1.82, 2.24) is 0 Å². The fourth-order valence-electron chi connectivity index (χ4n) is 3.10. The molecule has 0 amide bonds. The maximum atomic E-state index is 5.31. The summed E-state index contributed by atoms with van der Waals surface area (Å²) in [6.07, 6.45) is 6.60. The van der Waals surface area contributed by atoms with Crippen molar-refractivity contribution in [2.45, 2.75) is 52.0 Å². The van der Waals surface area contributed by atoms with Gasteiger partial charge in [0.2, 0.25) is 0 Å². The molecule has 1 saturated carbocycles. The van der Waals surface area contributed by atoms with E-state index in [0.29, 0.717) is 6.04 Å². The average Bonchev–Trinajstić information content (AvgIpc) is 2.67. The Morgan fingerprint density at radius 3 is 2.70 bits per heavy atom. The van der Waals surface area contributed by atoms with Crippen LogP contribution in [0.5, 0.6) is 5.75 Å². The number of anilines is 1. The van der Waals surface area contributed by atoms with Crippen LogP contribution < -0.4 is 10.1 Å². The van der Waals surface area contributed by atoms with E-state index in [4.69, 9.17) is 4.74 Å². The minimum atomic E-state index is 0.585. The third-order valence-electron chi connectivity index (χ3n) is 4.49. The lowest BCUT2D eigenvalue weighted by molar-refractivity contribution is 0.341. The number of hydrogen-bond donors (Lipinski definition) is 1. The predicted molar refractivity (Wildman–Crippen MR) is 89.5 cm³/mol. The van der Waals surface area contributed by atoms with E-state index in [9.17, 15) is 0 Å². The highest BCUT2D eigenvalue weighted by Crippen LogP contribution is 2.33. The van der Waals surface area contributed by atoms with E-state index in [0.717, 1.165) is 27.7 Å². The number of benzene rings is 1. The molecule has 112 valence electrons. The second-order valence-electron chi connectivity index (χ2n) is 6.20. The number of nitrogens with one attached hydrogen (secondary N) is 1. The number of rotatable bonds is 4. The lowest BCUT2D eigenvalue weighted by Crippen LogP contribution is -2.19. The summed E-state index contributed by atoms with van der Waals surface area (Å²) in [6, 6.07) is 6.70. The van der Waals surface area contributed by atoms with Gasteiger partial charge in [-0.3, -0.25) is 0 Å². The number of hydrogen-bond acceptors (Lipinski definition) is 2. The van der Waals surface area contributed by atoms with Crippen LogP contribution in [-0.2, 0) is 0 Å². The van der Waals surface area contributed by atoms with E-state index >= 15 is 0 Å². The summed E-state index contributed by atoms with van der Waals surface area (Å²) in [4.78, 5) is 0. The zero-order chi connectivity index (χ0) is 14.5. The van der Waals surface area contributed by atoms with Gasteiger partial charge < -0.3 is 10.1 Å². The second-order valence-corrected chi connectivity index (χ2v) is 7.05. The Morgan fingerprint density at radius 1 is 1.20 bits per heavy atom. The zero-order valence-electron chi connectivity index (χ0n) is 12.8. The Morgan fingerprint density at radius 2 is 2.00 bits per heavy atom. The Labute approximate surface area is 131 Å². The largest absolute Gasteiger partial charge is 0.497 e. The number of methoxy groups -OCH3 is 1. The highest BCUT2D eigenvalue weighted by atomic mass is 79.9. The zero-order valence-corrected chi connectivity index (χ0v) is 14.4. The molecule has 1 aliphatic carbocycles. The molecule has 2 atom stereocenters. The molecule has 0 heterocycles.